The summed E-state index contributed by atoms with van der Waals surface area (Å²) in [6.07, 6.45) is 0. The molecule has 2 N–H and O–H groups in total. The minimum atomic E-state index is -0.113. The second-order valence-electron chi connectivity index (χ2n) is 7.89. The van der Waals surface area contributed by atoms with Gasteiger partial charge in [-0.1, -0.05) is 65.7 Å². The lowest BCUT2D eigenvalue weighted by Crippen LogP contribution is -1.85. The Morgan fingerprint density at radius 1 is 0.667 bits per heavy atom. The highest BCUT2D eigenvalue weighted by Gasteiger charge is 2.18. The highest BCUT2D eigenvalue weighted by atomic mass is 32.2. The second kappa shape index (κ2) is 10.6. The van der Waals surface area contributed by atoms with E-state index in [9.17, 15) is 5.11 Å². The van der Waals surface area contributed by atoms with Crippen LogP contribution in [-0.2, 0) is 9.37 Å². The molecule has 178 valence electrons. The molecule has 36 heavy (non-hydrogen) atoms. The molecule has 5 aromatic rings. The van der Waals surface area contributed by atoms with E-state index in [4.69, 9.17) is 5.26 Å². The summed E-state index contributed by atoms with van der Waals surface area (Å²) in [4.78, 5) is 0.362. The first-order chi connectivity index (χ1) is 17.6. The number of hydrogen-bond acceptors (Lipinski definition) is 9. The summed E-state index contributed by atoms with van der Waals surface area (Å²) in [5.41, 5.74) is 2.92. The zero-order chi connectivity index (χ0) is 24.9. The third-order valence-electron chi connectivity index (χ3n) is 5.58. The van der Waals surface area contributed by atoms with Gasteiger partial charge in [-0.15, -0.1) is 14.6 Å². The molecule has 9 heteroatoms. The number of fused-ring (bicyclic) bond motifs is 2. The third kappa shape index (κ3) is 4.95. The Morgan fingerprint density at radius 2 is 1.39 bits per heavy atom. The molecule has 0 radical (unpaired) electrons. The van der Waals surface area contributed by atoms with Gasteiger partial charge in [0, 0.05) is 10.8 Å². The molecule has 5 aromatic carbocycles. The maximum absolute atomic E-state index is 11.1. The lowest BCUT2D eigenvalue weighted by atomic mass is 10.0. The van der Waals surface area contributed by atoms with Gasteiger partial charge in [0.25, 0.3) is 0 Å². The fourth-order valence-corrected chi connectivity index (χ4v) is 4.29. The zero-order valence-electron chi connectivity index (χ0n) is 19.1. The van der Waals surface area contributed by atoms with E-state index in [1.165, 1.54) is 0 Å². The van der Waals surface area contributed by atoms with Crippen LogP contribution in [0.1, 0.15) is 5.56 Å². The number of azo groups is 2. The third-order valence-corrected chi connectivity index (χ3v) is 6.20. The standard InChI is InChI=1S/C27H20N4O4S/c1-17-11-14-22-23(25(17)30-29-21-13-12-18-7-5-6-8-19(18)15-21)16-24(36-35-34-33)26(27(22)32)31-28-20-9-3-2-4-10-20/h2-16,32-33H,1H3. The maximum atomic E-state index is 11.1. The first-order valence-corrected chi connectivity index (χ1v) is 11.7. The Kier molecular flexibility index (Phi) is 6.96. The normalized spacial score (nSPS) is 11.8. The van der Waals surface area contributed by atoms with E-state index in [1.54, 1.807) is 24.3 Å². The molecule has 0 aliphatic carbocycles. The molecule has 0 aliphatic heterocycles. The van der Waals surface area contributed by atoms with Crippen molar-refractivity contribution in [2.45, 2.75) is 11.8 Å². The summed E-state index contributed by atoms with van der Waals surface area (Å²) in [5, 5.41) is 44.4. The lowest BCUT2D eigenvalue weighted by molar-refractivity contribution is -0.432. The van der Waals surface area contributed by atoms with Crippen LogP contribution in [0, 0.1) is 6.92 Å². The van der Waals surface area contributed by atoms with Crippen LogP contribution in [0.25, 0.3) is 21.5 Å². The van der Waals surface area contributed by atoms with Crippen molar-refractivity contribution in [2.75, 3.05) is 0 Å². The fraction of sp³-hybridized carbons (Fsp3) is 0.0370. The summed E-state index contributed by atoms with van der Waals surface area (Å²) in [6, 6.07) is 28.4. The van der Waals surface area contributed by atoms with Crippen LogP contribution in [-0.4, -0.2) is 10.4 Å². The van der Waals surface area contributed by atoms with Gasteiger partial charge in [-0.3, -0.25) is 0 Å². The van der Waals surface area contributed by atoms with Crippen molar-refractivity contribution < 1.29 is 19.7 Å². The van der Waals surface area contributed by atoms with Gasteiger partial charge in [-0.25, -0.2) is 5.26 Å². The highest BCUT2D eigenvalue weighted by molar-refractivity contribution is 7.94. The first kappa shape index (κ1) is 23.6. The van der Waals surface area contributed by atoms with Gasteiger partial charge in [-0.05, 0) is 53.6 Å². The number of rotatable bonds is 7. The van der Waals surface area contributed by atoms with Crippen LogP contribution >= 0.6 is 12.0 Å². The highest BCUT2D eigenvalue weighted by Crippen LogP contribution is 2.47. The topological polar surface area (TPSA) is 108 Å². The number of benzene rings is 5. The Hall–Kier alpha value is -4.15. The molecule has 8 nitrogen and oxygen atoms in total. The molecule has 0 bridgehead atoms. The lowest BCUT2D eigenvalue weighted by Gasteiger charge is -2.11. The Morgan fingerprint density at radius 3 is 2.19 bits per heavy atom. The maximum Gasteiger partial charge on any atom is 0.152 e. The van der Waals surface area contributed by atoms with Crippen molar-refractivity contribution in [1.82, 2.24) is 0 Å². The monoisotopic (exact) mass is 496 g/mol. The van der Waals surface area contributed by atoms with E-state index in [1.807, 2.05) is 73.7 Å². The van der Waals surface area contributed by atoms with E-state index in [2.05, 4.69) is 29.8 Å². The van der Waals surface area contributed by atoms with Crippen LogP contribution < -0.4 is 0 Å². The van der Waals surface area contributed by atoms with Crippen molar-refractivity contribution in [1.29, 1.82) is 0 Å². The number of nitrogens with zero attached hydrogens (tertiary/aromatic N) is 4. The average Bonchev–Trinajstić information content (AvgIpc) is 2.91. The molecule has 0 amide bonds. The van der Waals surface area contributed by atoms with Gasteiger partial charge >= 0.3 is 0 Å². The molecule has 0 saturated heterocycles. The van der Waals surface area contributed by atoms with Gasteiger partial charge in [0.1, 0.15) is 5.69 Å². The van der Waals surface area contributed by atoms with E-state index in [0.29, 0.717) is 44.8 Å². The van der Waals surface area contributed by atoms with Crippen molar-refractivity contribution in [3.05, 3.63) is 96.6 Å². The van der Waals surface area contributed by atoms with Crippen LogP contribution in [0.5, 0.6) is 5.75 Å². The van der Waals surface area contributed by atoms with E-state index in [0.717, 1.165) is 16.3 Å². The van der Waals surface area contributed by atoms with Gasteiger partial charge < -0.3 is 5.11 Å². The van der Waals surface area contributed by atoms with Gasteiger partial charge in [0.05, 0.1) is 34.0 Å². The largest absolute Gasteiger partial charge is 0.505 e. The summed E-state index contributed by atoms with van der Waals surface area (Å²) in [6.45, 7) is 1.91. The molecule has 0 fully saturated rings. The van der Waals surface area contributed by atoms with Crippen molar-refractivity contribution in [3.8, 4) is 5.75 Å². The van der Waals surface area contributed by atoms with Gasteiger partial charge in [0.2, 0.25) is 0 Å². The van der Waals surface area contributed by atoms with E-state index >= 15 is 0 Å². The fourth-order valence-electron chi connectivity index (χ4n) is 3.81. The van der Waals surface area contributed by atoms with Crippen LogP contribution in [0.15, 0.2) is 116 Å². The second-order valence-corrected chi connectivity index (χ2v) is 8.63. The number of phenols is 1. The molecule has 0 aliphatic rings. The zero-order valence-corrected chi connectivity index (χ0v) is 19.9. The molecule has 5 rings (SSSR count). The summed E-state index contributed by atoms with van der Waals surface area (Å²) < 4.78 is 4.66. The average molecular weight is 497 g/mol. The summed E-state index contributed by atoms with van der Waals surface area (Å²) in [7, 11) is 0. The number of phenolic OH excluding ortho intramolecular Hbond substituents is 1. The minimum absolute atomic E-state index is 0.113. The summed E-state index contributed by atoms with van der Waals surface area (Å²) >= 11 is 0.683. The van der Waals surface area contributed by atoms with Gasteiger partial charge in [-0.2, -0.15) is 10.2 Å². The molecule has 0 unspecified atom stereocenters. The van der Waals surface area contributed by atoms with E-state index in [-0.39, 0.29) is 11.4 Å². The molecule has 0 heterocycles. The molecule has 0 saturated carbocycles. The summed E-state index contributed by atoms with van der Waals surface area (Å²) in [5.74, 6) is -0.113. The van der Waals surface area contributed by atoms with Crippen molar-refractivity contribution in [3.63, 3.8) is 0 Å². The number of aryl methyl sites for hydroxylation is 1. The number of hydrogen-bond donors (Lipinski definition) is 2. The Bertz CT molecular complexity index is 1610. The SMILES string of the molecule is Cc1ccc2c(O)c(N=Nc3ccccc3)c(SOOO)cc2c1N=Nc1ccc2ccccc2c1. The van der Waals surface area contributed by atoms with Crippen LogP contribution in [0.2, 0.25) is 0 Å². The van der Waals surface area contributed by atoms with Crippen LogP contribution in [0.3, 0.4) is 0 Å². The van der Waals surface area contributed by atoms with Gasteiger partial charge in [0.15, 0.2) is 5.75 Å². The Balaban J connectivity index is 1.60. The van der Waals surface area contributed by atoms with E-state index < -0.39 is 0 Å². The first-order valence-electron chi connectivity index (χ1n) is 11.0. The minimum Gasteiger partial charge on any atom is -0.505 e. The predicted molar refractivity (Wildman–Crippen MR) is 140 cm³/mol. The molecule has 0 aromatic heterocycles. The number of aromatic hydroxyl groups is 1. The predicted octanol–water partition coefficient (Wildman–Crippen LogP) is 9.27. The molecular formula is C27H20N4O4S. The quantitative estimate of drug-likeness (QED) is 0.101. The van der Waals surface area contributed by atoms with Crippen LogP contribution in [0.4, 0.5) is 22.7 Å². The molecule has 0 spiro atoms. The smallest absolute Gasteiger partial charge is 0.152 e. The van der Waals surface area contributed by atoms with Crippen molar-refractivity contribution in [2.24, 2.45) is 20.5 Å². The molecule has 0 atom stereocenters. The van der Waals surface area contributed by atoms with Crippen molar-refractivity contribution >= 4 is 56.3 Å². The Labute approximate surface area is 210 Å². The molecular weight excluding hydrogens is 476 g/mol.